The Morgan fingerprint density at radius 1 is 0.720 bits per heavy atom. The van der Waals surface area contributed by atoms with Crippen molar-refractivity contribution < 1.29 is 42.4 Å². The summed E-state index contributed by atoms with van der Waals surface area (Å²) in [6, 6.07) is 9.85. The summed E-state index contributed by atoms with van der Waals surface area (Å²) in [6.45, 7) is 5.53. The van der Waals surface area contributed by atoms with Gasteiger partial charge in [-0.15, -0.1) is 0 Å². The number of nitrogens with one attached hydrogen (secondary N) is 2. The monoisotopic (exact) mass is 735 g/mol. The molecule has 0 saturated heterocycles. The van der Waals surface area contributed by atoms with Crippen molar-refractivity contribution in [2.75, 3.05) is 81.8 Å². The molecule has 0 spiro atoms. The van der Waals surface area contributed by atoms with Gasteiger partial charge in [0, 0.05) is 54.4 Å². The number of carbonyl (C=O) groups excluding carboxylic acids is 2. The van der Waals surface area contributed by atoms with Crippen LogP contribution in [0.25, 0.3) is 0 Å². The molecule has 0 aliphatic rings. The number of carbonyl (C=O) groups is 2. The van der Waals surface area contributed by atoms with Gasteiger partial charge in [0.05, 0.1) is 92.3 Å². The zero-order chi connectivity index (χ0) is 37.3. The van der Waals surface area contributed by atoms with E-state index in [1.54, 1.807) is 12.1 Å². The van der Waals surface area contributed by atoms with Gasteiger partial charge in [0.2, 0.25) is 0 Å². The van der Waals surface area contributed by atoms with E-state index in [9.17, 15) is 19.7 Å². The predicted molar refractivity (Wildman–Crippen MR) is 197 cm³/mol. The third-order valence-corrected chi connectivity index (χ3v) is 10.5. The van der Waals surface area contributed by atoms with E-state index in [-0.39, 0.29) is 29.7 Å². The van der Waals surface area contributed by atoms with E-state index in [1.807, 2.05) is 19.1 Å². The predicted octanol–water partition coefficient (Wildman–Crippen LogP) is 6.76. The number of ether oxygens (including phenoxy) is 4. The molecule has 0 amide bonds. The molecule has 0 saturated carbocycles. The third-order valence-electron chi connectivity index (χ3n) is 8.16. The molecule has 0 bridgehead atoms. The molecule has 276 valence electrons. The minimum absolute atomic E-state index is 0.114. The fourth-order valence-electron chi connectivity index (χ4n) is 5.09. The van der Waals surface area contributed by atoms with Crippen molar-refractivity contribution in [3.63, 3.8) is 0 Å². The Morgan fingerprint density at radius 2 is 1.14 bits per heavy atom. The number of quaternary nitrogens is 2. The maximum absolute atomic E-state index is 13.0. The van der Waals surface area contributed by atoms with Gasteiger partial charge in [0.25, 0.3) is 5.69 Å². The van der Waals surface area contributed by atoms with Gasteiger partial charge in [-0.1, -0.05) is 27.7 Å². The van der Waals surface area contributed by atoms with Crippen LogP contribution in [0.3, 0.4) is 0 Å². The van der Waals surface area contributed by atoms with E-state index in [1.165, 1.54) is 47.9 Å². The molecule has 0 radical (unpaired) electrons. The van der Waals surface area contributed by atoms with Crippen molar-refractivity contribution in [3.8, 4) is 0 Å². The highest BCUT2D eigenvalue weighted by atomic mass is 33.1. The number of hydrogen-bond acceptors (Lipinski definition) is 12. The number of aryl methyl sites for hydroxylation is 1. The van der Waals surface area contributed by atoms with Crippen LogP contribution < -0.4 is 0 Å². The Bertz CT molecular complexity index is 1480. The van der Waals surface area contributed by atoms with Gasteiger partial charge >= 0.3 is 11.9 Å². The Kier molecular flexibility index (Phi) is 17.8. The molecule has 0 aliphatic heterocycles. The van der Waals surface area contributed by atoms with Crippen LogP contribution in [0.5, 0.6) is 0 Å². The summed E-state index contributed by atoms with van der Waals surface area (Å²) in [5.74, 6) is -0.624. The highest BCUT2D eigenvalue weighted by molar-refractivity contribution is 8.76. The van der Waals surface area contributed by atoms with Crippen molar-refractivity contribution in [3.05, 3.63) is 63.2 Å². The van der Waals surface area contributed by atoms with Crippen molar-refractivity contribution in [2.24, 2.45) is 0 Å². The smallest absolute Gasteiger partial charge is 0.345 e. The van der Waals surface area contributed by atoms with E-state index in [4.69, 9.17) is 29.8 Å². The number of rotatable bonds is 22. The lowest BCUT2D eigenvalue weighted by molar-refractivity contribution is -0.890. The molecule has 0 atom stereocenters. The second-order valence-electron chi connectivity index (χ2n) is 13.3. The van der Waals surface area contributed by atoms with Gasteiger partial charge in [-0.05, 0) is 36.8 Å². The summed E-state index contributed by atoms with van der Waals surface area (Å²) in [4.78, 5) is 38.4. The van der Waals surface area contributed by atoms with Crippen LogP contribution in [0.1, 0.15) is 64.8 Å². The van der Waals surface area contributed by atoms with Crippen molar-refractivity contribution in [1.29, 1.82) is 10.8 Å². The summed E-state index contributed by atoms with van der Waals surface area (Å²) in [5.41, 5.74) is 0.814. The first-order chi connectivity index (χ1) is 23.6. The van der Waals surface area contributed by atoms with Gasteiger partial charge in [-0.3, -0.25) is 20.9 Å². The molecular weight excluding hydrogens is 683 g/mol. The van der Waals surface area contributed by atoms with Gasteiger partial charge in [0.1, 0.15) is 5.56 Å². The van der Waals surface area contributed by atoms with E-state index >= 15 is 0 Å². The minimum Gasteiger partial charge on any atom is -0.484 e. The Labute approximate surface area is 303 Å². The van der Waals surface area contributed by atoms with E-state index in [2.05, 4.69) is 28.2 Å². The van der Waals surface area contributed by atoms with Crippen LogP contribution in [0, 0.1) is 27.9 Å². The molecule has 13 nitrogen and oxygen atoms in total. The van der Waals surface area contributed by atoms with Gasteiger partial charge in [-0.2, -0.15) is 0 Å². The molecule has 2 N–H and O–H groups in total. The van der Waals surface area contributed by atoms with Gasteiger partial charge in [-0.25, -0.2) is 9.59 Å². The average Bonchev–Trinajstić information content (AvgIpc) is 3.07. The molecule has 15 heteroatoms. The summed E-state index contributed by atoms with van der Waals surface area (Å²) in [6.07, 6.45) is 4.08. The second-order valence-corrected chi connectivity index (χ2v) is 15.6. The number of methoxy groups -OCH3 is 2. The molecule has 2 aromatic rings. The first kappa shape index (κ1) is 42.5. The maximum Gasteiger partial charge on any atom is 0.345 e. The largest absolute Gasteiger partial charge is 0.484 e. The third kappa shape index (κ3) is 15.5. The van der Waals surface area contributed by atoms with Crippen LogP contribution in [-0.2, 0) is 18.9 Å². The van der Waals surface area contributed by atoms with Gasteiger partial charge < -0.3 is 27.9 Å². The molecule has 0 fully saturated rings. The SMILES string of the molecule is COC(=N)CCC[N+](C)(C)CCCOC(=O)c1cc(SSc2ccc([N+](=O)[O-])c(C(=O)OCCC[N+](C)(C)CCCC(=N)OC)c2)ccc1C. The zero-order valence-electron chi connectivity index (χ0n) is 30.4. The van der Waals surface area contributed by atoms with Crippen LogP contribution in [0.15, 0.2) is 46.2 Å². The van der Waals surface area contributed by atoms with E-state index in [0.29, 0.717) is 47.2 Å². The fraction of sp³-hybridized carbons (Fsp3) is 0.543. The van der Waals surface area contributed by atoms with Crippen LogP contribution in [0.4, 0.5) is 5.69 Å². The Hall–Kier alpha value is -3.66. The van der Waals surface area contributed by atoms with Crippen LogP contribution in [-0.4, -0.2) is 119 Å². The van der Waals surface area contributed by atoms with E-state index < -0.39 is 16.9 Å². The lowest BCUT2D eigenvalue weighted by Gasteiger charge is -2.29. The lowest BCUT2D eigenvalue weighted by atomic mass is 10.1. The molecule has 0 heterocycles. The molecule has 2 rings (SSSR count). The molecule has 0 aliphatic carbocycles. The van der Waals surface area contributed by atoms with Gasteiger partial charge in [0.15, 0.2) is 11.8 Å². The topological polar surface area (TPSA) is 162 Å². The Morgan fingerprint density at radius 3 is 1.60 bits per heavy atom. The number of hydrogen-bond donors (Lipinski definition) is 2. The number of esters is 2. The lowest BCUT2D eigenvalue weighted by Crippen LogP contribution is -2.41. The molecular formula is C35H53N5O8S2+2. The van der Waals surface area contributed by atoms with Crippen molar-refractivity contribution in [2.45, 2.75) is 55.2 Å². The number of nitro benzene ring substituents is 1. The van der Waals surface area contributed by atoms with E-state index in [0.717, 1.165) is 54.0 Å². The highest BCUT2D eigenvalue weighted by Gasteiger charge is 2.23. The summed E-state index contributed by atoms with van der Waals surface area (Å²) < 4.78 is 22.3. The normalized spacial score (nSPS) is 11.5. The highest BCUT2D eigenvalue weighted by Crippen LogP contribution is 2.39. The quantitative estimate of drug-likeness (QED) is 0.0193. The minimum atomic E-state index is -0.753. The number of benzene rings is 2. The van der Waals surface area contributed by atoms with Crippen molar-refractivity contribution >= 4 is 51.0 Å². The fourth-order valence-corrected chi connectivity index (χ4v) is 7.06. The molecule has 0 unspecified atom stereocenters. The zero-order valence-corrected chi connectivity index (χ0v) is 32.0. The Balaban J connectivity index is 1.93. The van der Waals surface area contributed by atoms with Crippen LogP contribution in [0.2, 0.25) is 0 Å². The average molecular weight is 736 g/mol. The standard InChI is InChI=1S/C35H53N5O8S2/c1-26-14-15-27(24-29(26)34(41)47-22-10-20-39(2,3)18-8-12-32(36)45-6)49-50-28-16-17-31(38(43)44)30(25-28)35(42)48-23-11-21-40(4,5)19-9-13-33(37)46-7/h14-17,24-25,36-37H,8-13,18-23H2,1-7H3/q+2. The first-order valence-corrected chi connectivity index (χ1v) is 18.7. The van der Waals surface area contributed by atoms with Crippen LogP contribution >= 0.6 is 21.6 Å². The van der Waals surface area contributed by atoms with Crippen molar-refractivity contribution in [1.82, 2.24) is 0 Å². The summed E-state index contributed by atoms with van der Waals surface area (Å²) in [5, 5.41) is 26.9. The second kappa shape index (κ2) is 20.9. The number of nitrogens with zero attached hydrogens (tertiary/aromatic N) is 3. The summed E-state index contributed by atoms with van der Waals surface area (Å²) >= 11 is 0. The summed E-state index contributed by atoms with van der Waals surface area (Å²) in [7, 11) is 14.0. The molecule has 0 aromatic heterocycles. The maximum atomic E-state index is 13.0. The number of nitro groups is 1. The molecule has 50 heavy (non-hydrogen) atoms. The molecule has 2 aromatic carbocycles. The first-order valence-electron chi connectivity index (χ1n) is 16.5.